The second kappa shape index (κ2) is 10.3. The lowest BCUT2D eigenvalue weighted by Crippen LogP contribution is -2.44. The van der Waals surface area contributed by atoms with E-state index in [1.807, 2.05) is 48.7 Å². The highest BCUT2D eigenvalue weighted by atomic mass is 16.2. The minimum absolute atomic E-state index is 0.0247. The van der Waals surface area contributed by atoms with E-state index in [1.54, 1.807) is 16.9 Å². The maximum Gasteiger partial charge on any atom is 0.266 e. The van der Waals surface area contributed by atoms with Crippen molar-refractivity contribution in [1.29, 1.82) is 0 Å². The van der Waals surface area contributed by atoms with Crippen LogP contribution in [0.3, 0.4) is 0 Å². The van der Waals surface area contributed by atoms with Crippen molar-refractivity contribution >= 4 is 11.7 Å². The smallest absolute Gasteiger partial charge is 0.266 e. The number of hydrogen-bond acceptors (Lipinski definition) is 7. The van der Waals surface area contributed by atoms with Crippen LogP contribution in [0, 0.1) is 5.92 Å². The molecular weight excluding hydrogens is 444 g/mol. The number of anilines is 1. The number of benzene rings is 1. The number of nitrogens with one attached hydrogen (secondary N) is 1. The van der Waals surface area contributed by atoms with Crippen LogP contribution in [-0.2, 0) is 11.3 Å². The summed E-state index contributed by atoms with van der Waals surface area (Å²) in [7, 11) is 0. The van der Waals surface area contributed by atoms with Crippen LogP contribution >= 0.6 is 0 Å². The average molecular weight is 471 g/mol. The lowest BCUT2D eigenvalue weighted by molar-refractivity contribution is -0.125. The molecule has 1 atom stereocenters. The van der Waals surface area contributed by atoms with E-state index >= 15 is 0 Å². The molecule has 0 aliphatic carbocycles. The van der Waals surface area contributed by atoms with Gasteiger partial charge < -0.3 is 10.2 Å². The van der Waals surface area contributed by atoms with Gasteiger partial charge in [-0.05, 0) is 25.0 Å². The molecule has 0 saturated carbocycles. The van der Waals surface area contributed by atoms with Crippen molar-refractivity contribution in [3.63, 3.8) is 0 Å². The summed E-state index contributed by atoms with van der Waals surface area (Å²) in [5.74, 6) is 1.27. The molecule has 5 rings (SSSR count). The van der Waals surface area contributed by atoms with Crippen LogP contribution in [0.25, 0.3) is 17.1 Å². The molecule has 1 unspecified atom stereocenters. The largest absolute Gasteiger partial charge is 0.356 e. The molecule has 1 amide bonds. The highest BCUT2D eigenvalue weighted by Crippen LogP contribution is 2.22. The Morgan fingerprint density at radius 1 is 1.06 bits per heavy atom. The predicted octanol–water partition coefficient (Wildman–Crippen LogP) is 1.92. The van der Waals surface area contributed by atoms with E-state index in [-0.39, 0.29) is 17.4 Å². The molecule has 1 fully saturated rings. The molecule has 0 spiro atoms. The van der Waals surface area contributed by atoms with Gasteiger partial charge in [-0.15, -0.1) is 0 Å². The molecule has 0 radical (unpaired) electrons. The third-order valence-corrected chi connectivity index (χ3v) is 6.05. The van der Waals surface area contributed by atoms with E-state index in [0.717, 1.165) is 36.5 Å². The van der Waals surface area contributed by atoms with Crippen molar-refractivity contribution in [2.24, 2.45) is 5.92 Å². The number of carbonyl (C=O) groups is 1. The van der Waals surface area contributed by atoms with Crippen LogP contribution in [-0.4, -0.2) is 55.1 Å². The van der Waals surface area contributed by atoms with Gasteiger partial charge in [0.05, 0.1) is 18.2 Å². The van der Waals surface area contributed by atoms with Gasteiger partial charge in [-0.1, -0.05) is 30.3 Å². The zero-order chi connectivity index (χ0) is 24.0. The topological polar surface area (TPSA) is 111 Å². The van der Waals surface area contributed by atoms with Crippen LogP contribution in [0.4, 0.5) is 5.82 Å². The summed E-state index contributed by atoms with van der Waals surface area (Å²) in [6, 6.07) is 16.6. The summed E-state index contributed by atoms with van der Waals surface area (Å²) in [5, 5.41) is 11.7. The molecular formula is C25H26N8O2. The molecule has 178 valence electrons. The molecule has 4 heterocycles. The maximum absolute atomic E-state index is 12.9. The van der Waals surface area contributed by atoms with Gasteiger partial charge >= 0.3 is 0 Å². The summed E-state index contributed by atoms with van der Waals surface area (Å²) in [6.45, 7) is 2.03. The van der Waals surface area contributed by atoms with Crippen LogP contribution in [0.15, 0.2) is 78.1 Å². The van der Waals surface area contributed by atoms with Crippen LogP contribution in [0.5, 0.6) is 0 Å². The molecule has 4 aromatic rings. The molecule has 35 heavy (non-hydrogen) atoms. The van der Waals surface area contributed by atoms with Crippen LogP contribution in [0.1, 0.15) is 12.8 Å². The van der Waals surface area contributed by atoms with Gasteiger partial charge in [0.25, 0.3) is 5.56 Å². The monoisotopic (exact) mass is 470 g/mol. The summed E-state index contributed by atoms with van der Waals surface area (Å²) in [6.07, 6.45) is 6.74. The van der Waals surface area contributed by atoms with Crippen molar-refractivity contribution < 1.29 is 4.79 Å². The van der Waals surface area contributed by atoms with Gasteiger partial charge in [-0.25, -0.2) is 19.3 Å². The second-order valence-corrected chi connectivity index (χ2v) is 8.41. The molecule has 0 bridgehead atoms. The average Bonchev–Trinajstić information content (AvgIpc) is 3.46. The molecule has 3 aromatic heterocycles. The van der Waals surface area contributed by atoms with Crippen LogP contribution < -0.4 is 15.8 Å². The summed E-state index contributed by atoms with van der Waals surface area (Å²) < 4.78 is 3.08. The van der Waals surface area contributed by atoms with Gasteiger partial charge in [-0.2, -0.15) is 10.2 Å². The Morgan fingerprint density at radius 3 is 2.74 bits per heavy atom. The number of amides is 1. The minimum Gasteiger partial charge on any atom is -0.356 e. The Bertz CT molecular complexity index is 1340. The molecule has 10 nitrogen and oxygen atoms in total. The third-order valence-electron chi connectivity index (χ3n) is 6.05. The van der Waals surface area contributed by atoms with E-state index < -0.39 is 0 Å². The van der Waals surface area contributed by atoms with E-state index in [1.165, 1.54) is 17.1 Å². The quantitative estimate of drug-likeness (QED) is 0.439. The number of aromatic nitrogens is 6. The third kappa shape index (κ3) is 5.26. The van der Waals surface area contributed by atoms with E-state index in [2.05, 4.69) is 30.4 Å². The molecule has 1 N–H and O–H groups in total. The normalized spacial score (nSPS) is 15.7. The fraction of sp³-hybridized carbons (Fsp3) is 0.280. The fourth-order valence-electron chi connectivity index (χ4n) is 4.24. The molecule has 1 aliphatic rings. The number of rotatable bonds is 7. The molecule has 1 aliphatic heterocycles. The van der Waals surface area contributed by atoms with Crippen molar-refractivity contribution in [1.82, 2.24) is 34.8 Å². The Labute approximate surface area is 202 Å². The fourth-order valence-corrected chi connectivity index (χ4v) is 4.24. The predicted molar refractivity (Wildman–Crippen MR) is 131 cm³/mol. The summed E-state index contributed by atoms with van der Waals surface area (Å²) in [5.41, 5.74) is 1.46. The van der Waals surface area contributed by atoms with E-state index in [0.29, 0.717) is 25.5 Å². The second-order valence-electron chi connectivity index (χ2n) is 8.41. The van der Waals surface area contributed by atoms with Crippen molar-refractivity contribution in [2.75, 3.05) is 24.5 Å². The Hall–Kier alpha value is -4.34. The van der Waals surface area contributed by atoms with Gasteiger partial charge in [0.15, 0.2) is 5.82 Å². The number of hydrogen-bond donors (Lipinski definition) is 1. The first-order chi connectivity index (χ1) is 17.2. The van der Waals surface area contributed by atoms with E-state index in [4.69, 9.17) is 0 Å². The number of nitrogens with zero attached hydrogens (tertiary/aromatic N) is 7. The number of piperidine rings is 1. The lowest BCUT2D eigenvalue weighted by atomic mass is 9.97. The van der Waals surface area contributed by atoms with Crippen LogP contribution in [0.2, 0.25) is 0 Å². The lowest BCUT2D eigenvalue weighted by Gasteiger charge is -2.32. The van der Waals surface area contributed by atoms with Crippen molar-refractivity contribution in [3.8, 4) is 17.1 Å². The standard InChI is InChI=1S/C25H26N8O2/c34-24-10-9-21(19-6-2-1-3-7-19)30-33(24)15-12-26-25(35)20-8-4-13-31(17-20)22-16-23(28-18-27-22)32-14-5-11-29-32/h1-3,5-7,9-11,14,16,18,20H,4,8,12-13,15,17H2,(H,26,35). The highest BCUT2D eigenvalue weighted by molar-refractivity contribution is 5.79. The Morgan fingerprint density at radius 2 is 1.91 bits per heavy atom. The van der Waals surface area contributed by atoms with E-state index in [9.17, 15) is 9.59 Å². The SMILES string of the molecule is O=C(NCCn1nc(-c2ccccc2)ccc1=O)C1CCCN(c2cc(-n3cccn3)ncn2)C1. The maximum atomic E-state index is 12.9. The van der Waals surface area contributed by atoms with Gasteiger partial charge in [0, 0.05) is 49.7 Å². The zero-order valence-electron chi connectivity index (χ0n) is 19.2. The Balaban J connectivity index is 1.19. The first kappa shape index (κ1) is 22.5. The highest BCUT2D eigenvalue weighted by Gasteiger charge is 2.26. The van der Waals surface area contributed by atoms with Crippen molar-refractivity contribution in [2.45, 2.75) is 19.4 Å². The summed E-state index contributed by atoms with van der Waals surface area (Å²) in [4.78, 5) is 36.0. The molecule has 10 heteroatoms. The first-order valence-corrected chi connectivity index (χ1v) is 11.7. The van der Waals surface area contributed by atoms with Gasteiger partial charge in [0.1, 0.15) is 12.1 Å². The van der Waals surface area contributed by atoms with Gasteiger partial charge in [0.2, 0.25) is 5.91 Å². The minimum atomic E-state index is -0.195. The Kier molecular flexibility index (Phi) is 6.60. The first-order valence-electron chi connectivity index (χ1n) is 11.7. The number of carbonyl (C=O) groups excluding carboxylic acids is 1. The summed E-state index contributed by atoms with van der Waals surface area (Å²) >= 11 is 0. The zero-order valence-corrected chi connectivity index (χ0v) is 19.2. The van der Waals surface area contributed by atoms with Crippen molar-refractivity contribution in [3.05, 3.63) is 83.7 Å². The molecule has 1 aromatic carbocycles. The van der Waals surface area contributed by atoms with Gasteiger partial charge in [-0.3, -0.25) is 9.59 Å². The molecule has 1 saturated heterocycles.